The van der Waals surface area contributed by atoms with E-state index in [9.17, 15) is 0 Å². The van der Waals surface area contributed by atoms with Crippen LogP contribution in [0.25, 0.3) is 0 Å². The van der Waals surface area contributed by atoms with Gasteiger partial charge in [-0.15, -0.1) is 0 Å². The minimum Gasteiger partial charge on any atom is -0.505 e. The Kier molecular flexibility index (Phi) is 5.42. The summed E-state index contributed by atoms with van der Waals surface area (Å²) >= 11 is 5.53. The van der Waals surface area contributed by atoms with Gasteiger partial charge in [-0.25, -0.2) is 4.98 Å². The van der Waals surface area contributed by atoms with Crippen LogP contribution in [-0.2, 0) is 6.61 Å². The SMILES string of the molecule is CC.Cc1cc(CO)nc(Cl)c1O. The molecule has 3 nitrogen and oxygen atoms in total. The van der Waals surface area contributed by atoms with E-state index in [1.54, 1.807) is 13.0 Å². The first-order valence-corrected chi connectivity index (χ1v) is 4.48. The normalized spacial score (nSPS) is 9.00. The lowest BCUT2D eigenvalue weighted by Gasteiger charge is -2.02. The second-order valence-electron chi connectivity index (χ2n) is 2.23. The van der Waals surface area contributed by atoms with Crippen LogP contribution in [0.3, 0.4) is 0 Å². The fourth-order valence-electron chi connectivity index (χ4n) is 0.773. The zero-order valence-corrected chi connectivity index (χ0v) is 8.76. The van der Waals surface area contributed by atoms with Crippen LogP contribution in [0.2, 0.25) is 5.15 Å². The summed E-state index contributed by atoms with van der Waals surface area (Å²) in [6.07, 6.45) is 0. The standard InChI is InChI=1S/C7H8ClNO2.C2H6/c1-4-2-5(3-10)9-7(8)6(4)11;1-2/h2,10-11H,3H2,1H3;1-2H3. The molecule has 1 aromatic rings. The summed E-state index contributed by atoms with van der Waals surface area (Å²) < 4.78 is 0. The van der Waals surface area contributed by atoms with Crippen molar-refractivity contribution in [2.75, 3.05) is 0 Å². The molecule has 1 rings (SSSR count). The van der Waals surface area contributed by atoms with Crippen molar-refractivity contribution in [3.8, 4) is 5.75 Å². The minimum absolute atomic E-state index is 0.0242. The van der Waals surface area contributed by atoms with Gasteiger partial charge >= 0.3 is 0 Å². The first kappa shape index (κ1) is 12.2. The topological polar surface area (TPSA) is 53.4 Å². The maximum atomic E-state index is 9.15. The molecule has 1 heterocycles. The smallest absolute Gasteiger partial charge is 0.171 e. The third-order valence-electron chi connectivity index (χ3n) is 1.36. The number of halogens is 1. The molecule has 0 aliphatic carbocycles. The Morgan fingerprint density at radius 1 is 1.46 bits per heavy atom. The molecule has 1 aromatic heterocycles. The number of nitrogens with zero attached hydrogens (tertiary/aromatic N) is 1. The predicted octanol–water partition coefficient (Wildman–Crippen LogP) is 2.27. The lowest BCUT2D eigenvalue weighted by atomic mass is 10.2. The summed E-state index contributed by atoms with van der Waals surface area (Å²) in [4.78, 5) is 3.72. The van der Waals surface area contributed by atoms with E-state index >= 15 is 0 Å². The number of aliphatic hydroxyl groups excluding tert-OH is 1. The van der Waals surface area contributed by atoms with Crippen molar-refractivity contribution in [1.82, 2.24) is 4.98 Å². The van der Waals surface area contributed by atoms with E-state index in [0.717, 1.165) is 0 Å². The molecule has 0 unspecified atom stereocenters. The fourth-order valence-corrected chi connectivity index (χ4v) is 1.03. The molecule has 0 spiro atoms. The Hall–Kier alpha value is -0.800. The predicted molar refractivity (Wildman–Crippen MR) is 52.9 cm³/mol. The van der Waals surface area contributed by atoms with Gasteiger partial charge in [0.1, 0.15) is 0 Å². The molecule has 0 aliphatic rings. The molecule has 74 valence electrons. The molecule has 0 amide bonds. The summed E-state index contributed by atoms with van der Waals surface area (Å²) in [6, 6.07) is 1.58. The molecule has 0 fully saturated rings. The van der Waals surface area contributed by atoms with Gasteiger partial charge in [0.25, 0.3) is 0 Å². The lowest BCUT2D eigenvalue weighted by Crippen LogP contribution is -1.91. The Bertz CT molecular complexity index is 253. The van der Waals surface area contributed by atoms with E-state index in [4.69, 9.17) is 21.8 Å². The molecule has 2 N–H and O–H groups in total. The van der Waals surface area contributed by atoms with Gasteiger partial charge in [0.15, 0.2) is 10.9 Å². The Labute approximate surface area is 83.0 Å². The number of rotatable bonds is 1. The van der Waals surface area contributed by atoms with E-state index in [1.165, 1.54) is 0 Å². The lowest BCUT2D eigenvalue weighted by molar-refractivity contribution is 0.276. The van der Waals surface area contributed by atoms with Gasteiger partial charge in [0.05, 0.1) is 12.3 Å². The van der Waals surface area contributed by atoms with Crippen molar-refractivity contribution in [3.05, 3.63) is 22.5 Å². The van der Waals surface area contributed by atoms with Gasteiger partial charge < -0.3 is 10.2 Å². The summed E-state index contributed by atoms with van der Waals surface area (Å²) in [7, 11) is 0. The second kappa shape index (κ2) is 5.78. The summed E-state index contributed by atoms with van der Waals surface area (Å²) in [6.45, 7) is 5.53. The molecule has 0 aromatic carbocycles. The van der Waals surface area contributed by atoms with Crippen LogP contribution >= 0.6 is 11.6 Å². The van der Waals surface area contributed by atoms with Crippen molar-refractivity contribution in [2.45, 2.75) is 27.4 Å². The van der Waals surface area contributed by atoms with Gasteiger partial charge in [0.2, 0.25) is 0 Å². The zero-order chi connectivity index (χ0) is 10.4. The highest BCUT2D eigenvalue weighted by Crippen LogP contribution is 2.24. The number of hydrogen-bond donors (Lipinski definition) is 2. The van der Waals surface area contributed by atoms with Crippen molar-refractivity contribution < 1.29 is 10.2 Å². The van der Waals surface area contributed by atoms with Crippen LogP contribution in [0.5, 0.6) is 5.75 Å². The number of aliphatic hydroxyl groups is 1. The van der Waals surface area contributed by atoms with E-state index in [0.29, 0.717) is 11.3 Å². The summed E-state index contributed by atoms with van der Waals surface area (Å²) in [5, 5.41) is 17.9. The third-order valence-corrected chi connectivity index (χ3v) is 1.62. The molecule has 4 heteroatoms. The summed E-state index contributed by atoms with van der Waals surface area (Å²) in [5.41, 5.74) is 1.08. The molecular weight excluding hydrogens is 190 g/mol. The second-order valence-corrected chi connectivity index (χ2v) is 2.59. The largest absolute Gasteiger partial charge is 0.505 e. The van der Waals surface area contributed by atoms with Crippen LogP contribution < -0.4 is 0 Å². The maximum absolute atomic E-state index is 9.15. The molecule has 0 bridgehead atoms. The molecule has 0 aliphatic heterocycles. The molecule has 0 saturated heterocycles. The average molecular weight is 204 g/mol. The number of aromatic hydroxyl groups is 1. The zero-order valence-electron chi connectivity index (χ0n) is 8.00. The van der Waals surface area contributed by atoms with Crippen LogP contribution in [0.1, 0.15) is 25.1 Å². The highest BCUT2D eigenvalue weighted by molar-refractivity contribution is 6.30. The number of aryl methyl sites for hydroxylation is 1. The minimum atomic E-state index is -0.166. The van der Waals surface area contributed by atoms with Crippen molar-refractivity contribution in [1.29, 1.82) is 0 Å². The molecule has 0 radical (unpaired) electrons. The highest BCUT2D eigenvalue weighted by Gasteiger charge is 2.04. The maximum Gasteiger partial charge on any atom is 0.171 e. The van der Waals surface area contributed by atoms with Gasteiger partial charge in [-0.3, -0.25) is 0 Å². The molecule has 0 atom stereocenters. The first-order chi connectivity index (χ1) is 6.15. The fraction of sp³-hybridized carbons (Fsp3) is 0.444. The Morgan fingerprint density at radius 2 is 2.00 bits per heavy atom. The number of hydrogen-bond acceptors (Lipinski definition) is 3. The van der Waals surface area contributed by atoms with Crippen LogP contribution in [0, 0.1) is 6.92 Å². The quantitative estimate of drug-likeness (QED) is 0.689. The molecule has 0 saturated carbocycles. The van der Waals surface area contributed by atoms with Crippen LogP contribution in [0.15, 0.2) is 6.07 Å². The molecule has 13 heavy (non-hydrogen) atoms. The highest BCUT2D eigenvalue weighted by atomic mass is 35.5. The van der Waals surface area contributed by atoms with E-state index in [1.807, 2.05) is 13.8 Å². The van der Waals surface area contributed by atoms with Crippen LogP contribution in [0.4, 0.5) is 0 Å². The number of aromatic nitrogens is 1. The third kappa shape index (κ3) is 3.20. The van der Waals surface area contributed by atoms with E-state index in [-0.39, 0.29) is 17.5 Å². The van der Waals surface area contributed by atoms with Crippen LogP contribution in [-0.4, -0.2) is 15.2 Å². The Morgan fingerprint density at radius 3 is 2.38 bits per heavy atom. The first-order valence-electron chi connectivity index (χ1n) is 4.11. The van der Waals surface area contributed by atoms with Crippen molar-refractivity contribution in [3.63, 3.8) is 0 Å². The molecular formula is C9H14ClNO2. The average Bonchev–Trinajstić information content (AvgIpc) is 2.16. The van der Waals surface area contributed by atoms with Gasteiger partial charge in [0, 0.05) is 0 Å². The summed E-state index contributed by atoms with van der Waals surface area (Å²) in [5.74, 6) is -0.0242. The van der Waals surface area contributed by atoms with E-state index < -0.39 is 0 Å². The van der Waals surface area contributed by atoms with E-state index in [2.05, 4.69) is 4.98 Å². The van der Waals surface area contributed by atoms with Gasteiger partial charge in [-0.2, -0.15) is 0 Å². The van der Waals surface area contributed by atoms with Crippen molar-refractivity contribution >= 4 is 11.6 Å². The van der Waals surface area contributed by atoms with Gasteiger partial charge in [-0.05, 0) is 18.6 Å². The number of pyridine rings is 1. The van der Waals surface area contributed by atoms with Gasteiger partial charge in [-0.1, -0.05) is 25.4 Å². The van der Waals surface area contributed by atoms with Crippen molar-refractivity contribution in [2.24, 2.45) is 0 Å². The monoisotopic (exact) mass is 203 g/mol. The Balaban J connectivity index is 0.000000671.